The Morgan fingerprint density at radius 2 is 1.65 bits per heavy atom. The van der Waals surface area contributed by atoms with Gasteiger partial charge in [0.1, 0.15) is 0 Å². The number of nitrogens with zero attached hydrogens (tertiary/aromatic N) is 1. The topological polar surface area (TPSA) is 41.6 Å². The normalized spacial score (nSPS) is 14.4. The molecule has 1 N–H and O–H groups in total. The molecule has 0 atom stereocenters. The number of carbonyl (C=O) groups excluding carboxylic acids is 1. The number of hydrogen-bond donors (Lipinski definition) is 1. The highest BCUT2D eigenvalue weighted by Gasteiger charge is 2.11. The highest BCUT2D eigenvalue weighted by atomic mass is 16.5. The smallest absolute Gasteiger partial charge is 0.228 e. The number of ether oxygens (including phenoxy) is 1. The first kappa shape index (κ1) is 16.6. The van der Waals surface area contributed by atoms with E-state index in [0.29, 0.717) is 6.42 Å². The molecular weight excluding hydrogens is 324 g/mol. The van der Waals surface area contributed by atoms with E-state index in [1.807, 2.05) is 30.3 Å². The Bertz CT molecular complexity index is 899. The van der Waals surface area contributed by atoms with Crippen LogP contribution in [0, 0.1) is 0 Å². The summed E-state index contributed by atoms with van der Waals surface area (Å²) in [5.74, 6) is -0.000552. The fraction of sp³-hybridized carbons (Fsp3) is 0.227. The Balaban J connectivity index is 1.39. The van der Waals surface area contributed by atoms with Gasteiger partial charge in [0.2, 0.25) is 5.91 Å². The van der Waals surface area contributed by atoms with E-state index < -0.39 is 0 Å². The second kappa shape index (κ2) is 7.58. The number of amides is 1. The van der Waals surface area contributed by atoms with Crippen LogP contribution in [-0.4, -0.2) is 32.2 Å². The highest BCUT2D eigenvalue weighted by Crippen LogP contribution is 2.20. The molecule has 0 spiro atoms. The molecule has 4 rings (SSSR count). The van der Waals surface area contributed by atoms with Gasteiger partial charge in [0.25, 0.3) is 0 Å². The number of morpholine rings is 1. The lowest BCUT2D eigenvalue weighted by Gasteiger charge is -2.28. The van der Waals surface area contributed by atoms with Crippen molar-refractivity contribution in [3.8, 4) is 0 Å². The standard InChI is InChI=1S/C22H22N2O2/c25-22(16-17-5-6-18-3-1-2-4-19(18)15-17)23-20-7-9-21(10-8-20)24-11-13-26-14-12-24/h1-10,15H,11-14,16H2,(H,23,25). The third-order valence-corrected chi connectivity index (χ3v) is 4.71. The maximum Gasteiger partial charge on any atom is 0.228 e. The van der Waals surface area contributed by atoms with E-state index in [9.17, 15) is 4.79 Å². The number of benzene rings is 3. The molecule has 1 fully saturated rings. The van der Waals surface area contributed by atoms with Crippen molar-refractivity contribution in [2.45, 2.75) is 6.42 Å². The van der Waals surface area contributed by atoms with Crippen molar-refractivity contribution >= 4 is 28.1 Å². The van der Waals surface area contributed by atoms with E-state index in [2.05, 4.69) is 46.6 Å². The van der Waals surface area contributed by atoms with Gasteiger partial charge >= 0.3 is 0 Å². The summed E-state index contributed by atoms with van der Waals surface area (Å²) < 4.78 is 5.38. The summed E-state index contributed by atoms with van der Waals surface area (Å²) in [5.41, 5.74) is 3.01. The molecule has 0 bridgehead atoms. The molecule has 3 aromatic rings. The molecular formula is C22H22N2O2. The molecule has 1 heterocycles. The van der Waals surface area contributed by atoms with Gasteiger partial charge in [-0.3, -0.25) is 4.79 Å². The van der Waals surface area contributed by atoms with Gasteiger partial charge in [-0.05, 0) is 40.6 Å². The Morgan fingerprint density at radius 1 is 0.923 bits per heavy atom. The van der Waals surface area contributed by atoms with Crippen LogP contribution in [-0.2, 0) is 16.0 Å². The molecule has 26 heavy (non-hydrogen) atoms. The summed E-state index contributed by atoms with van der Waals surface area (Å²) in [6.45, 7) is 3.36. The third kappa shape index (κ3) is 3.86. The number of nitrogens with one attached hydrogen (secondary N) is 1. The summed E-state index contributed by atoms with van der Waals surface area (Å²) in [6.07, 6.45) is 0.371. The minimum absolute atomic E-state index is 0.000552. The Morgan fingerprint density at radius 3 is 2.42 bits per heavy atom. The lowest BCUT2D eigenvalue weighted by atomic mass is 10.0. The minimum atomic E-state index is -0.000552. The van der Waals surface area contributed by atoms with Crippen LogP contribution in [0.5, 0.6) is 0 Å². The van der Waals surface area contributed by atoms with Crippen molar-refractivity contribution in [1.29, 1.82) is 0 Å². The van der Waals surface area contributed by atoms with E-state index in [-0.39, 0.29) is 5.91 Å². The van der Waals surface area contributed by atoms with Crippen LogP contribution < -0.4 is 10.2 Å². The minimum Gasteiger partial charge on any atom is -0.378 e. The maximum atomic E-state index is 12.4. The SMILES string of the molecule is O=C(Cc1ccc2ccccc2c1)Nc1ccc(N2CCOCC2)cc1. The van der Waals surface area contributed by atoms with Crippen molar-refractivity contribution in [1.82, 2.24) is 0 Å². The van der Waals surface area contributed by atoms with Crippen LogP contribution in [0.3, 0.4) is 0 Å². The van der Waals surface area contributed by atoms with Gasteiger partial charge in [0.05, 0.1) is 19.6 Å². The van der Waals surface area contributed by atoms with Crippen molar-refractivity contribution in [2.24, 2.45) is 0 Å². The van der Waals surface area contributed by atoms with Gasteiger partial charge in [0.15, 0.2) is 0 Å². The zero-order chi connectivity index (χ0) is 17.8. The molecule has 0 unspecified atom stereocenters. The Kier molecular flexibility index (Phi) is 4.84. The van der Waals surface area contributed by atoms with E-state index in [4.69, 9.17) is 4.74 Å². The van der Waals surface area contributed by atoms with Gasteiger partial charge in [-0.1, -0.05) is 42.5 Å². The van der Waals surface area contributed by atoms with Crippen LogP contribution in [0.4, 0.5) is 11.4 Å². The molecule has 3 aromatic carbocycles. The van der Waals surface area contributed by atoms with Crippen LogP contribution in [0.1, 0.15) is 5.56 Å². The fourth-order valence-electron chi connectivity index (χ4n) is 3.32. The Labute approximate surface area is 153 Å². The van der Waals surface area contributed by atoms with Crippen molar-refractivity contribution in [3.05, 3.63) is 72.3 Å². The molecule has 1 amide bonds. The predicted octanol–water partition coefficient (Wildman–Crippen LogP) is 3.86. The number of hydrogen-bond acceptors (Lipinski definition) is 3. The molecule has 132 valence electrons. The van der Waals surface area contributed by atoms with Gasteiger partial charge in [0, 0.05) is 24.5 Å². The summed E-state index contributed by atoms with van der Waals surface area (Å²) >= 11 is 0. The predicted molar refractivity (Wildman–Crippen MR) is 106 cm³/mol. The summed E-state index contributed by atoms with van der Waals surface area (Å²) in [6, 6.07) is 22.4. The average molecular weight is 346 g/mol. The molecule has 1 aliphatic rings. The zero-order valence-electron chi connectivity index (χ0n) is 14.7. The number of anilines is 2. The largest absolute Gasteiger partial charge is 0.378 e. The molecule has 0 radical (unpaired) electrons. The van der Waals surface area contributed by atoms with Gasteiger partial charge in [-0.2, -0.15) is 0 Å². The second-order valence-corrected chi connectivity index (χ2v) is 6.55. The third-order valence-electron chi connectivity index (χ3n) is 4.71. The van der Waals surface area contributed by atoms with Crippen molar-refractivity contribution < 1.29 is 9.53 Å². The highest BCUT2D eigenvalue weighted by molar-refractivity contribution is 5.93. The van der Waals surface area contributed by atoms with Gasteiger partial charge in [-0.15, -0.1) is 0 Å². The van der Waals surface area contributed by atoms with Gasteiger partial charge < -0.3 is 15.0 Å². The maximum absolute atomic E-state index is 12.4. The number of carbonyl (C=O) groups is 1. The van der Waals surface area contributed by atoms with Crippen LogP contribution in [0.15, 0.2) is 66.7 Å². The van der Waals surface area contributed by atoms with E-state index >= 15 is 0 Å². The summed E-state index contributed by atoms with van der Waals surface area (Å²) in [7, 11) is 0. The molecule has 0 aromatic heterocycles. The molecule has 4 heteroatoms. The monoisotopic (exact) mass is 346 g/mol. The molecule has 4 nitrogen and oxygen atoms in total. The van der Waals surface area contributed by atoms with E-state index in [1.54, 1.807) is 0 Å². The van der Waals surface area contributed by atoms with Crippen LogP contribution >= 0.6 is 0 Å². The first-order valence-corrected chi connectivity index (χ1v) is 8.98. The molecule has 0 saturated carbocycles. The average Bonchev–Trinajstić information content (AvgIpc) is 2.69. The Hall–Kier alpha value is -2.85. The lowest BCUT2D eigenvalue weighted by Crippen LogP contribution is -2.36. The quantitative estimate of drug-likeness (QED) is 0.780. The number of fused-ring (bicyclic) bond motifs is 1. The summed E-state index contributed by atoms with van der Waals surface area (Å²) in [4.78, 5) is 14.7. The van der Waals surface area contributed by atoms with Gasteiger partial charge in [-0.25, -0.2) is 0 Å². The zero-order valence-corrected chi connectivity index (χ0v) is 14.7. The van der Waals surface area contributed by atoms with E-state index in [1.165, 1.54) is 11.1 Å². The number of rotatable bonds is 4. The molecule has 0 aliphatic carbocycles. The molecule has 1 saturated heterocycles. The van der Waals surface area contributed by atoms with Crippen LogP contribution in [0.2, 0.25) is 0 Å². The summed E-state index contributed by atoms with van der Waals surface area (Å²) in [5, 5.41) is 5.34. The van der Waals surface area contributed by atoms with Crippen LogP contribution in [0.25, 0.3) is 10.8 Å². The van der Waals surface area contributed by atoms with Crippen molar-refractivity contribution in [2.75, 3.05) is 36.5 Å². The second-order valence-electron chi connectivity index (χ2n) is 6.55. The lowest BCUT2D eigenvalue weighted by molar-refractivity contribution is -0.115. The molecule has 1 aliphatic heterocycles. The first-order valence-electron chi connectivity index (χ1n) is 8.98. The van der Waals surface area contributed by atoms with E-state index in [0.717, 1.165) is 42.9 Å². The first-order chi connectivity index (χ1) is 12.8. The fourth-order valence-corrected chi connectivity index (χ4v) is 3.32. The van der Waals surface area contributed by atoms with Crippen molar-refractivity contribution in [3.63, 3.8) is 0 Å².